The van der Waals surface area contributed by atoms with Gasteiger partial charge in [0.05, 0.1) is 9.92 Å². The van der Waals surface area contributed by atoms with Crippen LogP contribution in [0.5, 0.6) is 0 Å². The lowest BCUT2D eigenvalue weighted by molar-refractivity contribution is 0.515. The Balaban J connectivity index is 2.38. The fourth-order valence-corrected chi connectivity index (χ4v) is 2.66. The zero-order chi connectivity index (χ0) is 14.9. The first-order valence-corrected chi connectivity index (χ1v) is 6.95. The van der Waals surface area contributed by atoms with Crippen LogP contribution < -0.4 is 4.72 Å². The van der Waals surface area contributed by atoms with Crippen LogP contribution >= 0.6 is 11.6 Å². The van der Waals surface area contributed by atoms with Gasteiger partial charge in [0, 0.05) is 0 Å². The molecular formula is C11H6ClF3N2O2S. The fourth-order valence-electron chi connectivity index (χ4n) is 1.34. The summed E-state index contributed by atoms with van der Waals surface area (Å²) in [6.07, 6.45) is 0. The van der Waals surface area contributed by atoms with Gasteiger partial charge in [-0.05, 0) is 30.3 Å². The molecule has 20 heavy (non-hydrogen) atoms. The van der Waals surface area contributed by atoms with E-state index in [1.54, 1.807) is 0 Å². The van der Waals surface area contributed by atoms with Crippen LogP contribution in [0.3, 0.4) is 0 Å². The third kappa shape index (κ3) is 3.02. The number of nitrogens with one attached hydrogen (secondary N) is 1. The van der Waals surface area contributed by atoms with E-state index in [1.807, 2.05) is 4.72 Å². The smallest absolute Gasteiger partial charge is 0.262 e. The molecule has 1 aromatic heterocycles. The lowest BCUT2D eigenvalue weighted by Crippen LogP contribution is -2.14. The van der Waals surface area contributed by atoms with Crippen molar-refractivity contribution < 1.29 is 21.6 Å². The summed E-state index contributed by atoms with van der Waals surface area (Å²) in [5.41, 5.74) is -0.535. The van der Waals surface area contributed by atoms with Gasteiger partial charge in [-0.25, -0.2) is 12.8 Å². The molecule has 2 aromatic rings. The Hall–Kier alpha value is -1.80. The van der Waals surface area contributed by atoms with Crippen LogP contribution in [-0.2, 0) is 10.0 Å². The van der Waals surface area contributed by atoms with Gasteiger partial charge >= 0.3 is 0 Å². The molecule has 1 aromatic carbocycles. The maximum atomic E-state index is 13.3. The molecule has 0 spiro atoms. The second kappa shape index (κ2) is 5.29. The largest absolute Gasteiger partial charge is 0.275 e. The SMILES string of the molecule is O=S(=O)(Nc1ccc(F)nc1F)c1ccc(F)c(Cl)c1. The molecule has 1 heterocycles. The molecule has 0 atom stereocenters. The summed E-state index contributed by atoms with van der Waals surface area (Å²) < 4.78 is 64.6. The van der Waals surface area contributed by atoms with Crippen molar-refractivity contribution in [1.29, 1.82) is 0 Å². The molecule has 4 nitrogen and oxygen atoms in total. The lowest BCUT2D eigenvalue weighted by atomic mass is 10.3. The van der Waals surface area contributed by atoms with E-state index in [-0.39, 0.29) is 4.90 Å². The second-order valence-corrected chi connectivity index (χ2v) is 5.74. The molecule has 0 aliphatic heterocycles. The summed E-state index contributed by atoms with van der Waals surface area (Å²) in [6, 6.07) is 4.35. The minimum absolute atomic E-state index is 0.368. The van der Waals surface area contributed by atoms with Crippen molar-refractivity contribution in [3.63, 3.8) is 0 Å². The van der Waals surface area contributed by atoms with Crippen molar-refractivity contribution in [1.82, 2.24) is 4.98 Å². The molecule has 0 aliphatic rings. The minimum atomic E-state index is -4.19. The van der Waals surface area contributed by atoms with E-state index in [1.165, 1.54) is 0 Å². The number of pyridine rings is 1. The number of aromatic nitrogens is 1. The summed E-state index contributed by atoms with van der Waals surface area (Å²) in [5, 5.41) is -0.398. The summed E-state index contributed by atoms with van der Waals surface area (Å²) in [4.78, 5) is 2.47. The molecule has 0 saturated heterocycles. The van der Waals surface area contributed by atoms with Gasteiger partial charge < -0.3 is 0 Å². The standard InChI is InChI=1S/C11H6ClF3N2O2S/c12-7-5-6(1-2-8(7)13)20(18,19)17-9-3-4-10(14)16-11(9)15/h1-5,17H. The van der Waals surface area contributed by atoms with E-state index in [2.05, 4.69) is 4.98 Å². The molecule has 0 radical (unpaired) electrons. The summed E-state index contributed by atoms with van der Waals surface area (Å²) >= 11 is 5.47. The number of anilines is 1. The second-order valence-electron chi connectivity index (χ2n) is 3.65. The third-order valence-corrected chi connectivity index (χ3v) is 3.91. The Kier molecular flexibility index (Phi) is 3.87. The number of hydrogen-bond acceptors (Lipinski definition) is 3. The average Bonchev–Trinajstić information content (AvgIpc) is 2.36. The molecule has 9 heteroatoms. The van der Waals surface area contributed by atoms with Crippen molar-refractivity contribution in [3.05, 3.63) is 53.1 Å². The number of nitrogens with zero attached hydrogens (tertiary/aromatic N) is 1. The van der Waals surface area contributed by atoms with Gasteiger partial charge in [-0.15, -0.1) is 0 Å². The van der Waals surface area contributed by atoms with Gasteiger partial charge in [-0.2, -0.15) is 13.8 Å². The third-order valence-electron chi connectivity index (χ3n) is 2.26. The summed E-state index contributed by atoms with van der Waals surface area (Å²) in [7, 11) is -4.19. The van der Waals surface area contributed by atoms with Crippen LogP contribution in [0.25, 0.3) is 0 Å². The number of benzene rings is 1. The van der Waals surface area contributed by atoms with E-state index in [0.717, 1.165) is 30.3 Å². The minimum Gasteiger partial charge on any atom is -0.275 e. The molecule has 106 valence electrons. The number of sulfonamides is 1. The number of halogens is 4. The van der Waals surface area contributed by atoms with Crippen LogP contribution in [0.2, 0.25) is 5.02 Å². The van der Waals surface area contributed by atoms with E-state index in [0.29, 0.717) is 0 Å². The molecule has 2 rings (SSSR count). The van der Waals surface area contributed by atoms with Crippen molar-refractivity contribution in [2.24, 2.45) is 0 Å². The number of rotatable bonds is 3. The topological polar surface area (TPSA) is 59.1 Å². The normalized spacial score (nSPS) is 11.4. The predicted octanol–water partition coefficient (Wildman–Crippen LogP) is 2.95. The molecular weight excluding hydrogens is 317 g/mol. The van der Waals surface area contributed by atoms with E-state index >= 15 is 0 Å². The van der Waals surface area contributed by atoms with Crippen LogP contribution in [0, 0.1) is 17.7 Å². The molecule has 0 aliphatic carbocycles. The van der Waals surface area contributed by atoms with E-state index < -0.39 is 38.4 Å². The summed E-state index contributed by atoms with van der Waals surface area (Å²) in [6.45, 7) is 0. The summed E-state index contributed by atoms with van der Waals surface area (Å²) in [5.74, 6) is -3.20. The van der Waals surface area contributed by atoms with Crippen molar-refractivity contribution >= 4 is 27.3 Å². The molecule has 0 fully saturated rings. The highest BCUT2D eigenvalue weighted by molar-refractivity contribution is 7.92. The highest BCUT2D eigenvalue weighted by Gasteiger charge is 2.18. The average molecular weight is 323 g/mol. The van der Waals surface area contributed by atoms with E-state index in [9.17, 15) is 21.6 Å². The van der Waals surface area contributed by atoms with Crippen molar-refractivity contribution in [2.45, 2.75) is 4.90 Å². The van der Waals surface area contributed by atoms with Crippen LogP contribution in [0.1, 0.15) is 0 Å². The van der Waals surface area contributed by atoms with Gasteiger partial charge in [0.25, 0.3) is 10.0 Å². The number of hydrogen-bond donors (Lipinski definition) is 1. The Bertz CT molecular complexity index is 768. The Morgan fingerprint density at radius 2 is 1.80 bits per heavy atom. The highest BCUT2D eigenvalue weighted by Crippen LogP contribution is 2.22. The van der Waals surface area contributed by atoms with Gasteiger partial charge in [0.2, 0.25) is 11.9 Å². The Labute approximate surface area is 117 Å². The molecule has 0 unspecified atom stereocenters. The van der Waals surface area contributed by atoms with Crippen molar-refractivity contribution in [3.8, 4) is 0 Å². The van der Waals surface area contributed by atoms with Gasteiger partial charge in [-0.1, -0.05) is 11.6 Å². The maximum absolute atomic E-state index is 13.3. The van der Waals surface area contributed by atoms with Gasteiger partial charge in [0.1, 0.15) is 11.5 Å². The fraction of sp³-hybridized carbons (Fsp3) is 0. The van der Waals surface area contributed by atoms with Gasteiger partial charge in [-0.3, -0.25) is 4.72 Å². The monoisotopic (exact) mass is 322 g/mol. The first-order chi connectivity index (χ1) is 9.29. The molecule has 1 N–H and O–H groups in total. The van der Waals surface area contributed by atoms with Gasteiger partial charge in [0.15, 0.2) is 0 Å². The van der Waals surface area contributed by atoms with Crippen molar-refractivity contribution in [2.75, 3.05) is 4.72 Å². The Morgan fingerprint density at radius 3 is 2.40 bits per heavy atom. The predicted molar refractivity (Wildman–Crippen MR) is 66.4 cm³/mol. The zero-order valence-corrected chi connectivity index (χ0v) is 11.1. The molecule has 0 saturated carbocycles. The van der Waals surface area contributed by atoms with Crippen LogP contribution in [0.15, 0.2) is 35.2 Å². The van der Waals surface area contributed by atoms with Crippen LogP contribution in [-0.4, -0.2) is 13.4 Å². The lowest BCUT2D eigenvalue weighted by Gasteiger charge is -2.08. The maximum Gasteiger partial charge on any atom is 0.262 e. The molecule has 0 bridgehead atoms. The first kappa shape index (κ1) is 14.6. The highest BCUT2D eigenvalue weighted by atomic mass is 35.5. The van der Waals surface area contributed by atoms with Crippen LogP contribution in [0.4, 0.5) is 18.9 Å². The quantitative estimate of drug-likeness (QED) is 0.884. The molecule has 0 amide bonds. The first-order valence-electron chi connectivity index (χ1n) is 5.09. The Morgan fingerprint density at radius 1 is 1.10 bits per heavy atom. The van der Waals surface area contributed by atoms with E-state index in [4.69, 9.17) is 11.6 Å². The zero-order valence-electron chi connectivity index (χ0n) is 9.57.